The van der Waals surface area contributed by atoms with E-state index in [9.17, 15) is 10.1 Å². The topological polar surface area (TPSA) is 92.8 Å². The molecule has 0 unspecified atom stereocenters. The number of aryl methyl sites for hydroxylation is 1. The summed E-state index contributed by atoms with van der Waals surface area (Å²) in [7, 11) is 1.78. The van der Waals surface area contributed by atoms with E-state index in [2.05, 4.69) is 15.4 Å². The van der Waals surface area contributed by atoms with E-state index in [0.29, 0.717) is 29.3 Å². The van der Waals surface area contributed by atoms with Crippen LogP contribution >= 0.6 is 0 Å². The predicted molar refractivity (Wildman–Crippen MR) is 106 cm³/mol. The molecule has 0 aliphatic heterocycles. The van der Waals surface area contributed by atoms with Gasteiger partial charge in [-0.3, -0.25) is 14.5 Å². The van der Waals surface area contributed by atoms with E-state index in [-0.39, 0.29) is 5.57 Å². The molecule has 0 saturated heterocycles. The van der Waals surface area contributed by atoms with Gasteiger partial charge in [0.1, 0.15) is 17.4 Å². The van der Waals surface area contributed by atoms with Gasteiger partial charge < -0.3 is 10.1 Å². The number of nitrogens with one attached hydrogen (secondary N) is 1. The van der Waals surface area contributed by atoms with Crippen LogP contribution in [0.2, 0.25) is 0 Å². The number of aromatic nitrogens is 3. The zero-order valence-corrected chi connectivity index (χ0v) is 15.6. The molecule has 0 spiro atoms. The second-order valence-electron chi connectivity index (χ2n) is 5.90. The molecule has 2 heterocycles. The number of benzene rings is 1. The highest BCUT2D eigenvalue weighted by Gasteiger charge is 2.15. The number of anilines is 1. The van der Waals surface area contributed by atoms with Crippen LogP contribution in [0.5, 0.6) is 5.75 Å². The van der Waals surface area contributed by atoms with Crippen molar-refractivity contribution in [1.29, 1.82) is 5.26 Å². The quantitative estimate of drug-likeness (QED) is 0.528. The number of carbonyl (C=O) groups excluding carboxylic acids is 1. The highest BCUT2D eigenvalue weighted by Crippen LogP contribution is 2.26. The third-order valence-electron chi connectivity index (χ3n) is 3.91. The Morgan fingerprint density at radius 1 is 1.29 bits per heavy atom. The van der Waals surface area contributed by atoms with Gasteiger partial charge in [0.05, 0.1) is 18.0 Å². The summed E-state index contributed by atoms with van der Waals surface area (Å²) in [4.78, 5) is 16.7. The summed E-state index contributed by atoms with van der Waals surface area (Å²) in [6.07, 6.45) is 6.62. The highest BCUT2D eigenvalue weighted by atomic mass is 16.5. The lowest BCUT2D eigenvalue weighted by molar-refractivity contribution is -0.112. The Labute approximate surface area is 162 Å². The first-order valence-corrected chi connectivity index (χ1v) is 8.71. The average molecular weight is 373 g/mol. The molecule has 2 aromatic heterocycles. The number of hydrogen-bond acceptors (Lipinski definition) is 5. The molecule has 0 saturated carbocycles. The summed E-state index contributed by atoms with van der Waals surface area (Å²) in [6.45, 7) is 2.33. The molecule has 3 rings (SSSR count). The Balaban J connectivity index is 1.92. The van der Waals surface area contributed by atoms with Crippen LogP contribution in [0.3, 0.4) is 0 Å². The Morgan fingerprint density at radius 2 is 2.04 bits per heavy atom. The van der Waals surface area contributed by atoms with Crippen LogP contribution in [-0.4, -0.2) is 27.3 Å². The lowest BCUT2D eigenvalue weighted by atomic mass is 10.1. The zero-order valence-electron chi connectivity index (χ0n) is 15.6. The van der Waals surface area contributed by atoms with Crippen molar-refractivity contribution in [2.24, 2.45) is 7.05 Å². The van der Waals surface area contributed by atoms with Gasteiger partial charge in [0, 0.05) is 36.8 Å². The van der Waals surface area contributed by atoms with Crippen molar-refractivity contribution < 1.29 is 9.53 Å². The second-order valence-corrected chi connectivity index (χ2v) is 5.90. The molecule has 0 atom stereocenters. The van der Waals surface area contributed by atoms with Gasteiger partial charge in [-0.05, 0) is 37.3 Å². The molecule has 7 nitrogen and oxygen atoms in total. The Morgan fingerprint density at radius 3 is 2.75 bits per heavy atom. The fraction of sp³-hybridized carbons (Fsp3) is 0.143. The smallest absolute Gasteiger partial charge is 0.266 e. The number of pyridine rings is 1. The fourth-order valence-electron chi connectivity index (χ4n) is 2.69. The molecule has 1 amide bonds. The largest absolute Gasteiger partial charge is 0.492 e. The molecule has 0 fully saturated rings. The molecule has 0 bridgehead atoms. The molecule has 0 aliphatic rings. The van der Waals surface area contributed by atoms with Crippen molar-refractivity contribution in [1.82, 2.24) is 14.8 Å². The molecule has 1 N–H and O–H groups in total. The normalized spacial score (nSPS) is 11.0. The third kappa shape index (κ3) is 4.24. The lowest BCUT2D eigenvalue weighted by Gasteiger charge is -2.10. The van der Waals surface area contributed by atoms with E-state index in [4.69, 9.17) is 4.74 Å². The monoisotopic (exact) mass is 373 g/mol. The van der Waals surface area contributed by atoms with E-state index in [1.54, 1.807) is 48.5 Å². The molecule has 28 heavy (non-hydrogen) atoms. The van der Waals surface area contributed by atoms with E-state index in [1.807, 2.05) is 31.2 Å². The Hall–Kier alpha value is -3.92. The number of nitriles is 1. The van der Waals surface area contributed by atoms with Gasteiger partial charge in [-0.15, -0.1) is 0 Å². The zero-order chi connectivity index (χ0) is 19.9. The van der Waals surface area contributed by atoms with Crippen molar-refractivity contribution in [3.8, 4) is 23.1 Å². The second kappa shape index (κ2) is 8.64. The highest BCUT2D eigenvalue weighted by molar-refractivity contribution is 6.10. The maximum Gasteiger partial charge on any atom is 0.266 e. The van der Waals surface area contributed by atoms with Crippen LogP contribution in [-0.2, 0) is 11.8 Å². The maximum absolute atomic E-state index is 12.7. The Kier molecular flexibility index (Phi) is 5.82. The Bertz CT molecular complexity index is 1050. The van der Waals surface area contributed by atoms with Crippen LogP contribution in [0.4, 0.5) is 5.69 Å². The van der Waals surface area contributed by atoms with E-state index in [0.717, 1.165) is 5.56 Å². The number of para-hydroxylation sites is 2. The minimum Gasteiger partial charge on any atom is -0.492 e. The molecule has 3 aromatic rings. The van der Waals surface area contributed by atoms with Gasteiger partial charge in [-0.2, -0.15) is 10.4 Å². The standard InChI is InChI=1S/C21H19N5O2/c1-3-28-19-7-5-4-6-18(19)24-21(27)16(13-22)12-17-14-26(2)25-20(17)15-8-10-23-11-9-15/h4-12,14H,3H2,1-2H3,(H,24,27)/b16-12-. The first-order chi connectivity index (χ1) is 13.6. The molecular formula is C21H19N5O2. The lowest BCUT2D eigenvalue weighted by Crippen LogP contribution is -2.14. The van der Waals surface area contributed by atoms with Gasteiger partial charge in [0.25, 0.3) is 5.91 Å². The molecular weight excluding hydrogens is 354 g/mol. The SMILES string of the molecule is CCOc1ccccc1NC(=O)/C(C#N)=C\c1cn(C)nc1-c1ccncc1. The van der Waals surface area contributed by atoms with E-state index in [1.165, 1.54) is 6.08 Å². The molecule has 0 radical (unpaired) electrons. The summed E-state index contributed by atoms with van der Waals surface area (Å²) < 4.78 is 7.15. The number of rotatable bonds is 6. The number of nitrogens with zero attached hydrogens (tertiary/aromatic N) is 4. The van der Waals surface area contributed by atoms with Gasteiger partial charge in [0.2, 0.25) is 0 Å². The molecule has 0 aliphatic carbocycles. The number of hydrogen-bond donors (Lipinski definition) is 1. The minimum atomic E-state index is -0.515. The summed E-state index contributed by atoms with van der Waals surface area (Å²) in [5.74, 6) is 0.0358. The van der Waals surface area contributed by atoms with Crippen molar-refractivity contribution in [2.75, 3.05) is 11.9 Å². The maximum atomic E-state index is 12.7. The van der Waals surface area contributed by atoms with Crippen LogP contribution in [0, 0.1) is 11.3 Å². The first-order valence-electron chi connectivity index (χ1n) is 8.71. The van der Waals surface area contributed by atoms with Crippen molar-refractivity contribution in [3.63, 3.8) is 0 Å². The first kappa shape index (κ1) is 18.9. The van der Waals surface area contributed by atoms with Crippen molar-refractivity contribution in [3.05, 3.63) is 66.1 Å². The van der Waals surface area contributed by atoms with Crippen LogP contribution < -0.4 is 10.1 Å². The number of carbonyl (C=O) groups is 1. The average Bonchev–Trinajstić information content (AvgIpc) is 3.08. The molecule has 140 valence electrons. The van der Waals surface area contributed by atoms with Crippen molar-refractivity contribution in [2.45, 2.75) is 6.92 Å². The van der Waals surface area contributed by atoms with E-state index < -0.39 is 5.91 Å². The van der Waals surface area contributed by atoms with E-state index >= 15 is 0 Å². The summed E-state index contributed by atoms with van der Waals surface area (Å²) in [5.41, 5.74) is 2.66. The molecule has 1 aromatic carbocycles. The number of ether oxygens (including phenoxy) is 1. The predicted octanol–water partition coefficient (Wildman–Crippen LogP) is 3.43. The summed E-state index contributed by atoms with van der Waals surface area (Å²) >= 11 is 0. The minimum absolute atomic E-state index is 0.0328. The van der Waals surface area contributed by atoms with Gasteiger partial charge in [0.15, 0.2) is 0 Å². The van der Waals surface area contributed by atoms with Gasteiger partial charge in [-0.25, -0.2) is 0 Å². The van der Waals surface area contributed by atoms with Crippen LogP contribution in [0.15, 0.2) is 60.6 Å². The third-order valence-corrected chi connectivity index (χ3v) is 3.91. The van der Waals surface area contributed by atoms with Crippen molar-refractivity contribution >= 4 is 17.7 Å². The molecule has 7 heteroatoms. The summed E-state index contributed by atoms with van der Waals surface area (Å²) in [6, 6.07) is 12.7. The van der Waals surface area contributed by atoms with Crippen LogP contribution in [0.1, 0.15) is 12.5 Å². The van der Waals surface area contributed by atoms with Gasteiger partial charge in [-0.1, -0.05) is 12.1 Å². The van der Waals surface area contributed by atoms with Crippen LogP contribution in [0.25, 0.3) is 17.3 Å². The van der Waals surface area contributed by atoms with Gasteiger partial charge >= 0.3 is 0 Å². The summed E-state index contributed by atoms with van der Waals surface area (Å²) in [5, 5.41) is 16.7. The fourth-order valence-corrected chi connectivity index (χ4v) is 2.69. The number of amides is 1.